The highest BCUT2D eigenvalue weighted by Gasteiger charge is 2.00. The van der Waals surface area contributed by atoms with E-state index in [2.05, 4.69) is 22.2 Å². The highest BCUT2D eigenvalue weighted by Crippen LogP contribution is 2.15. The van der Waals surface area contributed by atoms with E-state index in [-0.39, 0.29) is 0 Å². The maximum atomic E-state index is 5.83. The van der Waals surface area contributed by atoms with E-state index in [9.17, 15) is 0 Å². The Morgan fingerprint density at radius 3 is 2.76 bits per heavy atom. The van der Waals surface area contributed by atoms with E-state index in [0.29, 0.717) is 6.54 Å². The summed E-state index contributed by atoms with van der Waals surface area (Å²) in [7, 11) is 0. The molecule has 0 amide bonds. The fraction of sp³-hybridized carbons (Fsp3) is 0.231. The fourth-order valence-electron chi connectivity index (χ4n) is 1.50. The molecule has 0 aromatic carbocycles. The zero-order valence-corrected chi connectivity index (χ0v) is 10.1. The summed E-state index contributed by atoms with van der Waals surface area (Å²) in [6, 6.07) is 3.84. The number of nitrogen functional groups attached to an aromatic ring is 1. The van der Waals surface area contributed by atoms with Crippen LogP contribution in [0.4, 0.5) is 11.5 Å². The molecule has 0 unspecified atom stereocenters. The second-order valence-electron chi connectivity index (χ2n) is 4.08. The van der Waals surface area contributed by atoms with E-state index in [1.165, 1.54) is 5.56 Å². The third-order valence-corrected chi connectivity index (χ3v) is 2.75. The van der Waals surface area contributed by atoms with Gasteiger partial charge in [0.2, 0.25) is 0 Å². The van der Waals surface area contributed by atoms with Crippen molar-refractivity contribution >= 4 is 11.5 Å². The van der Waals surface area contributed by atoms with Crippen LogP contribution < -0.4 is 11.1 Å². The Balaban J connectivity index is 2.08. The van der Waals surface area contributed by atoms with Crippen molar-refractivity contribution in [2.45, 2.75) is 20.4 Å². The molecular formula is C13H16N4. The molecule has 0 aliphatic heterocycles. The van der Waals surface area contributed by atoms with Crippen molar-refractivity contribution in [3.63, 3.8) is 0 Å². The highest BCUT2D eigenvalue weighted by atomic mass is 15.0. The van der Waals surface area contributed by atoms with Gasteiger partial charge in [-0.3, -0.25) is 4.98 Å². The maximum Gasteiger partial charge on any atom is 0.128 e. The number of aromatic nitrogens is 2. The zero-order chi connectivity index (χ0) is 12.3. The molecule has 0 fully saturated rings. The maximum absolute atomic E-state index is 5.83. The predicted molar refractivity (Wildman–Crippen MR) is 69.7 cm³/mol. The van der Waals surface area contributed by atoms with E-state index >= 15 is 0 Å². The molecule has 2 aromatic heterocycles. The van der Waals surface area contributed by atoms with Gasteiger partial charge in [0, 0.05) is 36.9 Å². The lowest BCUT2D eigenvalue weighted by atomic mass is 10.1. The standard InChI is InChI=1S/C13H16N4/c1-9-3-4-15-7-11(9)8-17-13-5-12(14)10(2)6-16-13/h3-7H,8H2,1-2H3,(H3,14,16,17). The summed E-state index contributed by atoms with van der Waals surface area (Å²) in [5, 5.41) is 3.24. The Kier molecular flexibility index (Phi) is 3.23. The monoisotopic (exact) mass is 228 g/mol. The first-order chi connectivity index (χ1) is 8.16. The van der Waals surface area contributed by atoms with Gasteiger partial charge in [0.1, 0.15) is 5.82 Å². The number of hydrogen-bond acceptors (Lipinski definition) is 4. The molecule has 4 heteroatoms. The summed E-state index contributed by atoms with van der Waals surface area (Å²) < 4.78 is 0. The lowest BCUT2D eigenvalue weighted by Crippen LogP contribution is -2.04. The summed E-state index contributed by atoms with van der Waals surface area (Å²) in [6.45, 7) is 4.71. The van der Waals surface area contributed by atoms with Gasteiger partial charge in [-0.15, -0.1) is 0 Å². The molecule has 0 saturated heterocycles. The summed E-state index contributed by atoms with van der Waals surface area (Å²) in [4.78, 5) is 8.38. The Morgan fingerprint density at radius 1 is 1.24 bits per heavy atom. The average molecular weight is 228 g/mol. The molecule has 88 valence electrons. The zero-order valence-electron chi connectivity index (χ0n) is 10.1. The quantitative estimate of drug-likeness (QED) is 0.846. The van der Waals surface area contributed by atoms with E-state index in [0.717, 1.165) is 22.6 Å². The number of anilines is 2. The van der Waals surface area contributed by atoms with Crippen LogP contribution in [0.5, 0.6) is 0 Å². The largest absolute Gasteiger partial charge is 0.398 e. The first-order valence-electron chi connectivity index (χ1n) is 5.52. The lowest BCUT2D eigenvalue weighted by Gasteiger charge is -2.09. The number of nitrogens with two attached hydrogens (primary N) is 1. The Labute approximate surface area is 101 Å². The fourth-order valence-corrected chi connectivity index (χ4v) is 1.50. The summed E-state index contributed by atoms with van der Waals surface area (Å²) in [5.41, 5.74) is 9.95. The molecule has 0 saturated carbocycles. The Hall–Kier alpha value is -2.10. The third kappa shape index (κ3) is 2.72. The van der Waals surface area contributed by atoms with Crippen LogP contribution in [-0.4, -0.2) is 9.97 Å². The molecule has 3 N–H and O–H groups in total. The molecule has 0 atom stereocenters. The van der Waals surface area contributed by atoms with Crippen molar-refractivity contribution in [2.75, 3.05) is 11.1 Å². The lowest BCUT2D eigenvalue weighted by molar-refractivity contribution is 1.06. The van der Waals surface area contributed by atoms with Gasteiger partial charge in [0.15, 0.2) is 0 Å². The van der Waals surface area contributed by atoms with Gasteiger partial charge in [-0.25, -0.2) is 4.98 Å². The van der Waals surface area contributed by atoms with Crippen LogP contribution >= 0.6 is 0 Å². The molecule has 0 bridgehead atoms. The summed E-state index contributed by atoms with van der Waals surface area (Å²) in [6.07, 6.45) is 5.43. The number of rotatable bonds is 3. The van der Waals surface area contributed by atoms with E-state index in [1.807, 2.05) is 25.3 Å². The molecule has 2 rings (SSSR count). The Bertz CT molecular complexity index is 523. The van der Waals surface area contributed by atoms with Crippen LogP contribution in [0.25, 0.3) is 0 Å². The molecule has 0 radical (unpaired) electrons. The Morgan fingerprint density at radius 2 is 2.06 bits per heavy atom. The van der Waals surface area contributed by atoms with Crippen LogP contribution in [0.1, 0.15) is 16.7 Å². The predicted octanol–water partition coefficient (Wildman–Crippen LogP) is 2.29. The van der Waals surface area contributed by atoms with Gasteiger partial charge >= 0.3 is 0 Å². The van der Waals surface area contributed by atoms with Crippen LogP contribution in [0.2, 0.25) is 0 Å². The van der Waals surface area contributed by atoms with Gasteiger partial charge in [-0.1, -0.05) is 0 Å². The topological polar surface area (TPSA) is 63.8 Å². The molecular weight excluding hydrogens is 212 g/mol. The minimum Gasteiger partial charge on any atom is -0.398 e. The van der Waals surface area contributed by atoms with Gasteiger partial charge < -0.3 is 11.1 Å². The molecule has 0 aliphatic rings. The first-order valence-corrected chi connectivity index (χ1v) is 5.52. The van der Waals surface area contributed by atoms with Crippen molar-refractivity contribution in [1.29, 1.82) is 0 Å². The highest BCUT2D eigenvalue weighted by molar-refractivity contribution is 5.53. The second kappa shape index (κ2) is 4.82. The first kappa shape index (κ1) is 11.4. The minimum atomic E-state index is 0.704. The van der Waals surface area contributed by atoms with Crippen molar-refractivity contribution in [3.05, 3.63) is 47.4 Å². The molecule has 0 aliphatic carbocycles. The average Bonchev–Trinajstić information content (AvgIpc) is 2.32. The third-order valence-electron chi connectivity index (χ3n) is 2.75. The van der Waals surface area contributed by atoms with E-state index in [1.54, 1.807) is 12.4 Å². The SMILES string of the molecule is Cc1cnc(NCc2cnccc2C)cc1N. The number of nitrogens with one attached hydrogen (secondary N) is 1. The van der Waals surface area contributed by atoms with Crippen LogP contribution in [-0.2, 0) is 6.54 Å². The molecule has 17 heavy (non-hydrogen) atoms. The van der Waals surface area contributed by atoms with Gasteiger partial charge in [-0.05, 0) is 36.6 Å². The van der Waals surface area contributed by atoms with Crippen LogP contribution in [0.15, 0.2) is 30.7 Å². The smallest absolute Gasteiger partial charge is 0.128 e. The van der Waals surface area contributed by atoms with E-state index < -0.39 is 0 Å². The van der Waals surface area contributed by atoms with Gasteiger partial charge in [0.25, 0.3) is 0 Å². The van der Waals surface area contributed by atoms with Crippen molar-refractivity contribution in [2.24, 2.45) is 0 Å². The van der Waals surface area contributed by atoms with Crippen molar-refractivity contribution in [1.82, 2.24) is 9.97 Å². The molecule has 2 aromatic rings. The number of pyridine rings is 2. The molecule has 2 heterocycles. The van der Waals surface area contributed by atoms with Crippen LogP contribution in [0, 0.1) is 13.8 Å². The van der Waals surface area contributed by atoms with Gasteiger partial charge in [-0.2, -0.15) is 0 Å². The van der Waals surface area contributed by atoms with Crippen molar-refractivity contribution in [3.8, 4) is 0 Å². The molecule has 4 nitrogen and oxygen atoms in total. The van der Waals surface area contributed by atoms with E-state index in [4.69, 9.17) is 5.73 Å². The minimum absolute atomic E-state index is 0.704. The summed E-state index contributed by atoms with van der Waals surface area (Å²) in [5.74, 6) is 0.788. The number of hydrogen-bond donors (Lipinski definition) is 2. The van der Waals surface area contributed by atoms with Crippen LogP contribution in [0.3, 0.4) is 0 Å². The second-order valence-corrected chi connectivity index (χ2v) is 4.08. The number of nitrogens with zero attached hydrogens (tertiary/aromatic N) is 2. The molecule has 0 spiro atoms. The van der Waals surface area contributed by atoms with Gasteiger partial charge in [0.05, 0.1) is 0 Å². The number of aryl methyl sites for hydroxylation is 2. The normalized spacial score (nSPS) is 10.2. The van der Waals surface area contributed by atoms with Crippen molar-refractivity contribution < 1.29 is 0 Å². The summed E-state index contributed by atoms with van der Waals surface area (Å²) >= 11 is 0.